The maximum atomic E-state index is 13.4. The number of fused-ring (bicyclic) bond motifs is 1. The molecular formula is C21H21FN6O. The zero-order valence-corrected chi connectivity index (χ0v) is 16.2. The number of halogens is 1. The van der Waals surface area contributed by atoms with E-state index in [0.29, 0.717) is 24.7 Å². The molecule has 2 aromatic heterocycles. The SMILES string of the molecule is COc1nnc(-c2c(C)[nH]c3c(CN)cccc23)nc1NCc1cccc(F)c1. The lowest BCUT2D eigenvalue weighted by atomic mass is 10.1. The van der Waals surface area contributed by atoms with Crippen LogP contribution in [0.2, 0.25) is 0 Å². The molecule has 0 unspecified atom stereocenters. The van der Waals surface area contributed by atoms with Crippen molar-refractivity contribution < 1.29 is 9.13 Å². The van der Waals surface area contributed by atoms with E-state index in [1.807, 2.05) is 31.2 Å². The van der Waals surface area contributed by atoms with Gasteiger partial charge in [0, 0.05) is 29.7 Å². The average molecular weight is 392 g/mol. The number of ether oxygens (including phenoxy) is 1. The van der Waals surface area contributed by atoms with Crippen LogP contribution < -0.4 is 15.8 Å². The van der Waals surface area contributed by atoms with E-state index in [4.69, 9.17) is 10.5 Å². The fraction of sp³-hybridized carbons (Fsp3) is 0.190. The second-order valence-corrected chi connectivity index (χ2v) is 6.65. The molecular weight excluding hydrogens is 371 g/mol. The van der Waals surface area contributed by atoms with Crippen LogP contribution in [0.5, 0.6) is 5.88 Å². The molecule has 0 atom stereocenters. The number of methoxy groups -OCH3 is 1. The number of H-pyrrole nitrogens is 1. The van der Waals surface area contributed by atoms with E-state index in [-0.39, 0.29) is 11.7 Å². The fourth-order valence-corrected chi connectivity index (χ4v) is 3.37. The highest BCUT2D eigenvalue weighted by Gasteiger charge is 2.18. The number of benzene rings is 2. The summed E-state index contributed by atoms with van der Waals surface area (Å²) in [5, 5.41) is 12.6. The molecule has 29 heavy (non-hydrogen) atoms. The van der Waals surface area contributed by atoms with Crippen molar-refractivity contribution in [2.45, 2.75) is 20.0 Å². The highest BCUT2D eigenvalue weighted by Crippen LogP contribution is 2.33. The quantitative estimate of drug-likeness (QED) is 0.464. The summed E-state index contributed by atoms with van der Waals surface area (Å²) < 4.78 is 18.7. The Kier molecular flexibility index (Phi) is 5.09. The highest BCUT2D eigenvalue weighted by molar-refractivity contribution is 5.97. The van der Waals surface area contributed by atoms with E-state index < -0.39 is 0 Å². The molecule has 8 heteroatoms. The van der Waals surface area contributed by atoms with Gasteiger partial charge >= 0.3 is 0 Å². The third-order valence-corrected chi connectivity index (χ3v) is 4.75. The number of aromatic amines is 1. The summed E-state index contributed by atoms with van der Waals surface area (Å²) in [5.41, 5.74) is 10.4. The van der Waals surface area contributed by atoms with Crippen molar-refractivity contribution in [2.75, 3.05) is 12.4 Å². The van der Waals surface area contributed by atoms with Crippen LogP contribution in [0.25, 0.3) is 22.3 Å². The van der Waals surface area contributed by atoms with Gasteiger partial charge < -0.3 is 20.8 Å². The third-order valence-electron chi connectivity index (χ3n) is 4.75. The first-order valence-electron chi connectivity index (χ1n) is 9.18. The number of aromatic nitrogens is 4. The van der Waals surface area contributed by atoms with Crippen LogP contribution in [0.1, 0.15) is 16.8 Å². The molecule has 0 amide bonds. The smallest absolute Gasteiger partial charge is 0.276 e. The maximum absolute atomic E-state index is 13.4. The molecule has 0 bridgehead atoms. The Hall–Kier alpha value is -3.52. The van der Waals surface area contributed by atoms with Crippen molar-refractivity contribution in [2.24, 2.45) is 5.73 Å². The number of nitrogens with zero attached hydrogens (tertiary/aromatic N) is 3. The molecule has 0 fully saturated rings. The Morgan fingerprint density at radius 3 is 2.76 bits per heavy atom. The van der Waals surface area contributed by atoms with Gasteiger partial charge in [-0.25, -0.2) is 9.37 Å². The van der Waals surface area contributed by atoms with Gasteiger partial charge in [0.25, 0.3) is 5.88 Å². The summed E-state index contributed by atoms with van der Waals surface area (Å²) >= 11 is 0. The van der Waals surface area contributed by atoms with Gasteiger partial charge in [0.1, 0.15) is 5.82 Å². The lowest BCUT2D eigenvalue weighted by Crippen LogP contribution is -2.07. The van der Waals surface area contributed by atoms with Crippen LogP contribution in [0.4, 0.5) is 10.2 Å². The molecule has 0 aliphatic heterocycles. The van der Waals surface area contributed by atoms with Crippen LogP contribution >= 0.6 is 0 Å². The molecule has 0 radical (unpaired) electrons. The van der Waals surface area contributed by atoms with Crippen LogP contribution in [-0.4, -0.2) is 27.3 Å². The van der Waals surface area contributed by atoms with E-state index >= 15 is 0 Å². The monoisotopic (exact) mass is 392 g/mol. The van der Waals surface area contributed by atoms with E-state index in [9.17, 15) is 4.39 Å². The lowest BCUT2D eigenvalue weighted by Gasteiger charge is -2.10. The maximum Gasteiger partial charge on any atom is 0.276 e. The standard InChI is InChI=1S/C21H21FN6O/c1-12-17(16-8-4-6-14(10-23)18(16)25-12)19-26-20(21(29-2)28-27-19)24-11-13-5-3-7-15(22)9-13/h3-9,25H,10-11,23H2,1-2H3,(H,24,26,27). The Morgan fingerprint density at radius 1 is 1.17 bits per heavy atom. The molecule has 4 aromatic rings. The minimum Gasteiger partial charge on any atom is -0.477 e. The molecule has 2 aromatic carbocycles. The van der Waals surface area contributed by atoms with Crippen molar-refractivity contribution in [1.82, 2.24) is 20.2 Å². The number of para-hydroxylation sites is 1. The number of rotatable bonds is 6. The summed E-state index contributed by atoms with van der Waals surface area (Å²) in [4.78, 5) is 8.01. The van der Waals surface area contributed by atoms with Crippen molar-refractivity contribution in [3.05, 3.63) is 65.1 Å². The molecule has 0 aliphatic rings. The van der Waals surface area contributed by atoms with Gasteiger partial charge in [0.05, 0.1) is 12.6 Å². The van der Waals surface area contributed by atoms with Crippen molar-refractivity contribution in [3.63, 3.8) is 0 Å². The average Bonchev–Trinajstić information content (AvgIpc) is 3.08. The second-order valence-electron chi connectivity index (χ2n) is 6.65. The van der Waals surface area contributed by atoms with Gasteiger partial charge in [-0.3, -0.25) is 0 Å². The predicted molar refractivity (Wildman–Crippen MR) is 110 cm³/mol. The van der Waals surface area contributed by atoms with E-state index in [1.54, 1.807) is 6.07 Å². The number of hydrogen-bond acceptors (Lipinski definition) is 6. The fourth-order valence-electron chi connectivity index (χ4n) is 3.37. The largest absolute Gasteiger partial charge is 0.477 e. The van der Waals surface area contributed by atoms with Gasteiger partial charge in [0.15, 0.2) is 11.6 Å². The minimum atomic E-state index is -0.289. The van der Waals surface area contributed by atoms with Crippen molar-refractivity contribution in [3.8, 4) is 17.3 Å². The summed E-state index contributed by atoms with van der Waals surface area (Å²) in [6.45, 7) is 2.76. The van der Waals surface area contributed by atoms with Crippen LogP contribution in [0.15, 0.2) is 42.5 Å². The number of hydrogen-bond donors (Lipinski definition) is 3. The minimum absolute atomic E-state index is 0.269. The Balaban J connectivity index is 1.73. The zero-order valence-electron chi connectivity index (χ0n) is 16.2. The summed E-state index contributed by atoms with van der Waals surface area (Å²) in [7, 11) is 1.50. The first-order chi connectivity index (χ1) is 14.1. The summed E-state index contributed by atoms with van der Waals surface area (Å²) in [5.74, 6) is 0.879. The van der Waals surface area contributed by atoms with Crippen LogP contribution in [0, 0.1) is 12.7 Å². The van der Waals surface area contributed by atoms with Crippen LogP contribution in [-0.2, 0) is 13.1 Å². The Labute approximate surface area is 167 Å². The van der Waals surface area contributed by atoms with Crippen LogP contribution in [0.3, 0.4) is 0 Å². The number of nitrogens with two attached hydrogens (primary N) is 1. The molecule has 4 N–H and O–H groups in total. The van der Waals surface area contributed by atoms with Gasteiger partial charge in [-0.2, -0.15) is 0 Å². The lowest BCUT2D eigenvalue weighted by molar-refractivity contribution is 0.391. The van der Waals surface area contributed by atoms with Crippen molar-refractivity contribution >= 4 is 16.7 Å². The molecule has 2 heterocycles. The number of anilines is 1. The predicted octanol–water partition coefficient (Wildman–Crippen LogP) is 3.55. The number of aryl methyl sites for hydroxylation is 1. The second kappa shape index (κ2) is 7.84. The van der Waals surface area contributed by atoms with E-state index in [0.717, 1.165) is 33.3 Å². The van der Waals surface area contributed by atoms with Gasteiger partial charge in [0.2, 0.25) is 0 Å². The third kappa shape index (κ3) is 3.62. The van der Waals surface area contributed by atoms with Gasteiger partial charge in [-0.1, -0.05) is 30.3 Å². The molecule has 0 spiro atoms. The normalized spacial score (nSPS) is 11.0. The zero-order chi connectivity index (χ0) is 20.4. The molecule has 0 aliphatic carbocycles. The number of nitrogens with one attached hydrogen (secondary N) is 2. The molecule has 4 rings (SSSR count). The first-order valence-corrected chi connectivity index (χ1v) is 9.18. The summed E-state index contributed by atoms with van der Waals surface area (Å²) in [6.07, 6.45) is 0. The Morgan fingerprint density at radius 2 is 2.00 bits per heavy atom. The van der Waals surface area contributed by atoms with Gasteiger partial charge in [-0.15, -0.1) is 10.2 Å². The molecule has 0 saturated carbocycles. The Bertz CT molecular complexity index is 1170. The topological polar surface area (TPSA) is 102 Å². The van der Waals surface area contributed by atoms with Crippen molar-refractivity contribution in [1.29, 1.82) is 0 Å². The van der Waals surface area contributed by atoms with E-state index in [2.05, 4.69) is 25.5 Å². The summed E-state index contributed by atoms with van der Waals surface area (Å²) in [6, 6.07) is 12.3. The first kappa shape index (κ1) is 18.8. The molecule has 148 valence electrons. The molecule has 0 saturated heterocycles. The highest BCUT2D eigenvalue weighted by atomic mass is 19.1. The van der Waals surface area contributed by atoms with Gasteiger partial charge in [-0.05, 0) is 30.2 Å². The van der Waals surface area contributed by atoms with E-state index in [1.165, 1.54) is 19.2 Å². The molecule has 7 nitrogen and oxygen atoms in total.